The van der Waals surface area contributed by atoms with Crippen LogP contribution in [-0.2, 0) is 4.74 Å². The van der Waals surface area contributed by atoms with Crippen LogP contribution in [0.25, 0.3) is 0 Å². The number of carbonyl (C=O) groups is 1. The fraction of sp³-hybridized carbons (Fsp3) is 0.909. The molecule has 0 radical (unpaired) electrons. The van der Waals surface area contributed by atoms with Crippen molar-refractivity contribution in [3.8, 4) is 0 Å². The molecule has 0 aliphatic carbocycles. The minimum absolute atomic E-state index is 0.0300. The van der Waals surface area contributed by atoms with Crippen molar-refractivity contribution in [1.29, 1.82) is 0 Å². The summed E-state index contributed by atoms with van der Waals surface area (Å²) in [6, 6.07) is 0.0300. The van der Waals surface area contributed by atoms with Crippen molar-refractivity contribution in [2.24, 2.45) is 0 Å². The predicted molar refractivity (Wildman–Crippen MR) is 62.0 cm³/mol. The van der Waals surface area contributed by atoms with Crippen molar-refractivity contribution in [3.05, 3.63) is 0 Å². The minimum Gasteiger partial charge on any atom is -0.383 e. The fourth-order valence-corrected chi connectivity index (χ4v) is 1.31. The van der Waals surface area contributed by atoms with E-state index in [4.69, 9.17) is 4.74 Å². The standard InChI is InChI=1S/C11H24N2O2/c1-4-6-9-13(8-5-2)11(14)12-7-10-15-3/h4-10H2,1-3H3,(H,12,14). The first-order valence-corrected chi connectivity index (χ1v) is 5.77. The fourth-order valence-electron chi connectivity index (χ4n) is 1.31. The maximum Gasteiger partial charge on any atom is 0.317 e. The van der Waals surface area contributed by atoms with Crippen LogP contribution in [0.1, 0.15) is 33.1 Å². The van der Waals surface area contributed by atoms with Crippen LogP contribution in [0.5, 0.6) is 0 Å². The Labute approximate surface area is 93.0 Å². The molecule has 90 valence electrons. The van der Waals surface area contributed by atoms with Crippen LogP contribution in [-0.4, -0.2) is 44.3 Å². The van der Waals surface area contributed by atoms with E-state index in [1.165, 1.54) is 0 Å². The lowest BCUT2D eigenvalue weighted by molar-refractivity contribution is 0.179. The summed E-state index contributed by atoms with van der Waals surface area (Å²) in [7, 11) is 1.63. The van der Waals surface area contributed by atoms with Gasteiger partial charge < -0.3 is 15.0 Å². The quantitative estimate of drug-likeness (QED) is 0.629. The zero-order valence-electron chi connectivity index (χ0n) is 10.2. The maximum absolute atomic E-state index is 11.7. The lowest BCUT2D eigenvalue weighted by Gasteiger charge is -2.22. The van der Waals surface area contributed by atoms with Gasteiger partial charge in [-0.05, 0) is 12.8 Å². The molecule has 0 aromatic heterocycles. The maximum atomic E-state index is 11.7. The third-order valence-corrected chi connectivity index (χ3v) is 2.14. The number of carbonyl (C=O) groups excluding carboxylic acids is 1. The number of methoxy groups -OCH3 is 1. The van der Waals surface area contributed by atoms with Gasteiger partial charge in [-0.2, -0.15) is 0 Å². The molecule has 0 unspecified atom stereocenters. The third kappa shape index (κ3) is 7.19. The smallest absolute Gasteiger partial charge is 0.317 e. The van der Waals surface area contributed by atoms with Crippen LogP contribution >= 0.6 is 0 Å². The van der Waals surface area contributed by atoms with Gasteiger partial charge in [-0.15, -0.1) is 0 Å². The van der Waals surface area contributed by atoms with E-state index in [1.807, 2.05) is 4.90 Å². The van der Waals surface area contributed by atoms with Gasteiger partial charge in [-0.25, -0.2) is 4.79 Å². The average molecular weight is 216 g/mol. The van der Waals surface area contributed by atoms with E-state index in [9.17, 15) is 4.79 Å². The van der Waals surface area contributed by atoms with Crippen LogP contribution in [0, 0.1) is 0 Å². The summed E-state index contributed by atoms with van der Waals surface area (Å²) >= 11 is 0. The van der Waals surface area contributed by atoms with Crippen molar-refractivity contribution in [2.75, 3.05) is 33.4 Å². The number of unbranched alkanes of at least 4 members (excludes halogenated alkanes) is 1. The number of nitrogens with zero attached hydrogens (tertiary/aromatic N) is 1. The molecule has 0 bridgehead atoms. The second kappa shape index (κ2) is 9.77. The highest BCUT2D eigenvalue weighted by molar-refractivity contribution is 5.74. The van der Waals surface area contributed by atoms with Crippen molar-refractivity contribution < 1.29 is 9.53 Å². The van der Waals surface area contributed by atoms with Gasteiger partial charge >= 0.3 is 6.03 Å². The Kier molecular flexibility index (Phi) is 9.27. The largest absolute Gasteiger partial charge is 0.383 e. The number of hydrogen-bond acceptors (Lipinski definition) is 2. The van der Waals surface area contributed by atoms with Crippen LogP contribution in [0.3, 0.4) is 0 Å². The Morgan fingerprint density at radius 2 is 2.00 bits per heavy atom. The van der Waals surface area contributed by atoms with Gasteiger partial charge in [0.2, 0.25) is 0 Å². The van der Waals surface area contributed by atoms with Gasteiger partial charge in [-0.3, -0.25) is 0 Å². The molecule has 4 heteroatoms. The first-order chi connectivity index (χ1) is 7.26. The summed E-state index contributed by atoms with van der Waals surface area (Å²) in [6.45, 7) is 7.05. The van der Waals surface area contributed by atoms with Gasteiger partial charge in [0.25, 0.3) is 0 Å². The third-order valence-electron chi connectivity index (χ3n) is 2.14. The summed E-state index contributed by atoms with van der Waals surface area (Å²) in [6.07, 6.45) is 3.19. The first-order valence-electron chi connectivity index (χ1n) is 5.77. The van der Waals surface area contributed by atoms with Crippen molar-refractivity contribution in [2.45, 2.75) is 33.1 Å². The molecular formula is C11H24N2O2. The van der Waals surface area contributed by atoms with Gasteiger partial charge in [0, 0.05) is 26.7 Å². The molecular weight excluding hydrogens is 192 g/mol. The Morgan fingerprint density at radius 1 is 1.27 bits per heavy atom. The minimum atomic E-state index is 0.0300. The molecule has 0 aromatic rings. The zero-order chi connectivity index (χ0) is 11.5. The van der Waals surface area contributed by atoms with Crippen LogP contribution in [0.4, 0.5) is 4.79 Å². The number of amides is 2. The van der Waals surface area contributed by atoms with E-state index in [1.54, 1.807) is 7.11 Å². The highest BCUT2D eigenvalue weighted by atomic mass is 16.5. The van der Waals surface area contributed by atoms with Crippen molar-refractivity contribution in [3.63, 3.8) is 0 Å². The number of nitrogens with one attached hydrogen (secondary N) is 1. The van der Waals surface area contributed by atoms with E-state index < -0.39 is 0 Å². The molecule has 0 saturated heterocycles. The van der Waals surface area contributed by atoms with Crippen molar-refractivity contribution in [1.82, 2.24) is 10.2 Å². The SMILES string of the molecule is CCCCN(CCC)C(=O)NCCOC. The number of ether oxygens (including phenoxy) is 1. The van der Waals surface area contributed by atoms with Gasteiger partial charge in [0.1, 0.15) is 0 Å². The molecule has 0 aliphatic heterocycles. The summed E-state index contributed by atoms with van der Waals surface area (Å²) in [4.78, 5) is 13.5. The lowest BCUT2D eigenvalue weighted by Crippen LogP contribution is -2.42. The number of rotatable bonds is 8. The Hall–Kier alpha value is -0.770. The Bertz CT molecular complexity index is 163. The van der Waals surface area contributed by atoms with Gasteiger partial charge in [-0.1, -0.05) is 20.3 Å². The lowest BCUT2D eigenvalue weighted by atomic mass is 10.3. The van der Waals surface area contributed by atoms with E-state index in [0.717, 1.165) is 32.4 Å². The molecule has 15 heavy (non-hydrogen) atoms. The highest BCUT2D eigenvalue weighted by Crippen LogP contribution is 1.97. The van der Waals surface area contributed by atoms with E-state index in [-0.39, 0.29) is 6.03 Å². The molecule has 0 fully saturated rings. The molecule has 4 nitrogen and oxygen atoms in total. The molecule has 0 rings (SSSR count). The molecule has 0 heterocycles. The molecule has 0 aromatic carbocycles. The van der Waals surface area contributed by atoms with Gasteiger partial charge in [0.05, 0.1) is 6.61 Å². The predicted octanol–water partition coefficient (Wildman–Crippen LogP) is 1.85. The van der Waals surface area contributed by atoms with E-state index >= 15 is 0 Å². The van der Waals surface area contributed by atoms with Crippen LogP contribution < -0.4 is 5.32 Å². The molecule has 0 saturated carbocycles. The second-order valence-corrected chi connectivity index (χ2v) is 3.57. The van der Waals surface area contributed by atoms with Crippen LogP contribution in [0.15, 0.2) is 0 Å². The van der Waals surface area contributed by atoms with Crippen molar-refractivity contribution >= 4 is 6.03 Å². The van der Waals surface area contributed by atoms with Gasteiger partial charge in [0.15, 0.2) is 0 Å². The zero-order valence-corrected chi connectivity index (χ0v) is 10.2. The molecule has 0 atom stereocenters. The summed E-state index contributed by atoms with van der Waals surface area (Å²) in [5.74, 6) is 0. The van der Waals surface area contributed by atoms with E-state index in [0.29, 0.717) is 13.2 Å². The summed E-state index contributed by atoms with van der Waals surface area (Å²) in [5, 5.41) is 2.84. The normalized spacial score (nSPS) is 10.1. The first kappa shape index (κ1) is 14.2. The molecule has 0 spiro atoms. The topological polar surface area (TPSA) is 41.6 Å². The molecule has 2 amide bonds. The average Bonchev–Trinajstić information content (AvgIpc) is 2.24. The van der Waals surface area contributed by atoms with E-state index in [2.05, 4.69) is 19.2 Å². The highest BCUT2D eigenvalue weighted by Gasteiger charge is 2.10. The summed E-state index contributed by atoms with van der Waals surface area (Å²) < 4.78 is 4.88. The van der Waals surface area contributed by atoms with Crippen LogP contribution in [0.2, 0.25) is 0 Å². The molecule has 0 aliphatic rings. The molecule has 1 N–H and O–H groups in total. The summed E-state index contributed by atoms with van der Waals surface area (Å²) in [5.41, 5.74) is 0. The second-order valence-electron chi connectivity index (χ2n) is 3.57. The Morgan fingerprint density at radius 3 is 2.53 bits per heavy atom. The Balaban J connectivity index is 3.81. The number of urea groups is 1. The number of hydrogen-bond donors (Lipinski definition) is 1. The monoisotopic (exact) mass is 216 g/mol.